The molecule has 1 aliphatic rings. The van der Waals surface area contributed by atoms with Gasteiger partial charge in [0.15, 0.2) is 0 Å². The van der Waals surface area contributed by atoms with Crippen LogP contribution in [0.15, 0.2) is 24.3 Å². The number of hydrogen-bond donors (Lipinski definition) is 1. The molecular formula is C16H23NO3. The van der Waals surface area contributed by atoms with Crippen molar-refractivity contribution in [3.8, 4) is 0 Å². The molecule has 0 bridgehead atoms. The highest BCUT2D eigenvalue weighted by molar-refractivity contribution is 5.95. The van der Waals surface area contributed by atoms with Crippen molar-refractivity contribution in [3.05, 3.63) is 35.4 Å². The molecule has 0 unspecified atom stereocenters. The van der Waals surface area contributed by atoms with E-state index in [0.717, 1.165) is 43.5 Å². The molecule has 1 N–H and O–H groups in total. The van der Waals surface area contributed by atoms with Crippen LogP contribution in [0.4, 0.5) is 0 Å². The second-order valence-electron chi connectivity index (χ2n) is 5.10. The van der Waals surface area contributed by atoms with Gasteiger partial charge in [0.1, 0.15) is 0 Å². The van der Waals surface area contributed by atoms with E-state index in [1.54, 1.807) is 0 Å². The van der Waals surface area contributed by atoms with Crippen molar-refractivity contribution >= 4 is 5.91 Å². The summed E-state index contributed by atoms with van der Waals surface area (Å²) in [6.45, 7) is 3.97. The molecule has 4 heteroatoms. The summed E-state index contributed by atoms with van der Waals surface area (Å²) in [6.07, 6.45) is 2.74. The number of benzene rings is 1. The molecule has 0 radical (unpaired) electrons. The smallest absolute Gasteiger partial charge is 0.254 e. The number of aryl methyl sites for hydroxylation is 1. The molecule has 0 saturated carbocycles. The van der Waals surface area contributed by atoms with Gasteiger partial charge in [0.05, 0.1) is 19.3 Å². The number of amides is 1. The number of nitrogens with zero attached hydrogens (tertiary/aromatic N) is 1. The van der Waals surface area contributed by atoms with E-state index in [0.29, 0.717) is 6.61 Å². The Morgan fingerprint density at radius 2 is 2.05 bits per heavy atom. The third-order valence-electron chi connectivity index (χ3n) is 3.80. The summed E-state index contributed by atoms with van der Waals surface area (Å²) in [7, 11) is 0. The molecule has 0 atom stereocenters. The predicted octanol–water partition coefficient (Wildman–Crippen LogP) is 1.86. The maximum Gasteiger partial charge on any atom is 0.254 e. The molecule has 0 aliphatic carbocycles. The Morgan fingerprint density at radius 3 is 2.70 bits per heavy atom. The van der Waals surface area contributed by atoms with Gasteiger partial charge in [-0.15, -0.1) is 0 Å². The number of ether oxygens (including phenoxy) is 1. The Morgan fingerprint density at radius 1 is 1.35 bits per heavy atom. The molecule has 1 aromatic rings. The minimum atomic E-state index is 0.0586. The molecule has 20 heavy (non-hydrogen) atoms. The fraction of sp³-hybridized carbons (Fsp3) is 0.562. The number of carbonyl (C=O) groups is 1. The van der Waals surface area contributed by atoms with E-state index in [1.165, 1.54) is 0 Å². The topological polar surface area (TPSA) is 49.8 Å². The van der Waals surface area contributed by atoms with Crippen molar-refractivity contribution in [1.82, 2.24) is 4.90 Å². The number of carbonyl (C=O) groups excluding carboxylic acids is 1. The van der Waals surface area contributed by atoms with Gasteiger partial charge in [-0.2, -0.15) is 0 Å². The summed E-state index contributed by atoms with van der Waals surface area (Å²) in [4.78, 5) is 14.5. The van der Waals surface area contributed by atoms with E-state index in [4.69, 9.17) is 9.84 Å². The lowest BCUT2D eigenvalue weighted by molar-refractivity contribution is -0.00555. The van der Waals surface area contributed by atoms with Gasteiger partial charge in [0, 0.05) is 18.7 Å². The van der Waals surface area contributed by atoms with Crippen LogP contribution in [0.1, 0.15) is 35.7 Å². The molecule has 1 aromatic carbocycles. The fourth-order valence-corrected chi connectivity index (χ4v) is 2.65. The first-order chi connectivity index (χ1) is 9.76. The minimum Gasteiger partial charge on any atom is -0.394 e. The summed E-state index contributed by atoms with van der Waals surface area (Å²) in [5.41, 5.74) is 1.93. The van der Waals surface area contributed by atoms with Gasteiger partial charge in [-0.1, -0.05) is 25.1 Å². The van der Waals surface area contributed by atoms with Gasteiger partial charge >= 0.3 is 0 Å². The first-order valence-electron chi connectivity index (χ1n) is 7.36. The van der Waals surface area contributed by atoms with Gasteiger partial charge in [-0.05, 0) is 30.9 Å². The standard InChI is InChI=1S/C16H23NO3/c1-2-13-5-3-4-6-15(13)16(19)17-9-7-14(8-10-17)20-12-11-18/h3-6,14,18H,2,7-12H2,1H3. The number of aliphatic hydroxyl groups is 1. The van der Waals surface area contributed by atoms with Crippen LogP contribution in [0.25, 0.3) is 0 Å². The highest BCUT2D eigenvalue weighted by atomic mass is 16.5. The average molecular weight is 277 g/mol. The second kappa shape index (κ2) is 7.41. The Hall–Kier alpha value is -1.39. The van der Waals surface area contributed by atoms with E-state index >= 15 is 0 Å². The van der Waals surface area contributed by atoms with Crippen molar-refractivity contribution in [1.29, 1.82) is 0 Å². The zero-order valence-corrected chi connectivity index (χ0v) is 12.0. The summed E-state index contributed by atoms with van der Waals surface area (Å²) in [6, 6.07) is 7.83. The Kier molecular flexibility index (Phi) is 5.56. The highest BCUT2D eigenvalue weighted by Gasteiger charge is 2.24. The van der Waals surface area contributed by atoms with Crippen LogP contribution < -0.4 is 0 Å². The molecular weight excluding hydrogens is 254 g/mol. The van der Waals surface area contributed by atoms with E-state index in [9.17, 15) is 4.79 Å². The Balaban J connectivity index is 1.94. The molecule has 1 saturated heterocycles. The Bertz CT molecular complexity index is 439. The van der Waals surface area contributed by atoms with Gasteiger partial charge in [-0.3, -0.25) is 4.79 Å². The third kappa shape index (κ3) is 3.58. The van der Waals surface area contributed by atoms with E-state index in [2.05, 4.69) is 6.92 Å². The minimum absolute atomic E-state index is 0.0586. The summed E-state index contributed by atoms with van der Waals surface area (Å²) in [5.74, 6) is 0.128. The normalized spacial score (nSPS) is 16.4. The van der Waals surface area contributed by atoms with Crippen LogP contribution in [-0.2, 0) is 11.2 Å². The van der Waals surface area contributed by atoms with E-state index in [-0.39, 0.29) is 18.6 Å². The molecule has 1 amide bonds. The molecule has 1 fully saturated rings. The number of rotatable bonds is 5. The zero-order chi connectivity index (χ0) is 14.4. The fourth-order valence-electron chi connectivity index (χ4n) is 2.65. The molecule has 1 aliphatic heterocycles. The quantitative estimate of drug-likeness (QED) is 0.894. The van der Waals surface area contributed by atoms with Crippen LogP contribution in [0.3, 0.4) is 0 Å². The van der Waals surface area contributed by atoms with Crippen molar-refractivity contribution in [2.75, 3.05) is 26.3 Å². The van der Waals surface area contributed by atoms with Crippen molar-refractivity contribution in [2.24, 2.45) is 0 Å². The summed E-state index contributed by atoms with van der Waals surface area (Å²) >= 11 is 0. The van der Waals surface area contributed by atoms with Crippen LogP contribution in [-0.4, -0.2) is 48.3 Å². The van der Waals surface area contributed by atoms with Crippen LogP contribution in [0.2, 0.25) is 0 Å². The first kappa shape index (κ1) is 15.0. The van der Waals surface area contributed by atoms with Crippen molar-refractivity contribution in [2.45, 2.75) is 32.3 Å². The van der Waals surface area contributed by atoms with Crippen molar-refractivity contribution in [3.63, 3.8) is 0 Å². The molecule has 4 nitrogen and oxygen atoms in total. The van der Waals surface area contributed by atoms with Gasteiger partial charge in [0.2, 0.25) is 0 Å². The molecule has 110 valence electrons. The monoisotopic (exact) mass is 277 g/mol. The van der Waals surface area contributed by atoms with Gasteiger partial charge in [-0.25, -0.2) is 0 Å². The summed E-state index contributed by atoms with van der Waals surface area (Å²) < 4.78 is 5.52. The van der Waals surface area contributed by atoms with Crippen molar-refractivity contribution < 1.29 is 14.6 Å². The van der Waals surface area contributed by atoms with E-state index in [1.807, 2.05) is 29.2 Å². The largest absolute Gasteiger partial charge is 0.394 e. The molecule has 1 heterocycles. The van der Waals surface area contributed by atoms with Crippen LogP contribution in [0, 0.1) is 0 Å². The number of likely N-dealkylation sites (tertiary alicyclic amines) is 1. The highest BCUT2D eigenvalue weighted by Crippen LogP contribution is 2.18. The lowest BCUT2D eigenvalue weighted by Gasteiger charge is -2.32. The van der Waals surface area contributed by atoms with Crippen LogP contribution in [0.5, 0.6) is 0 Å². The second-order valence-corrected chi connectivity index (χ2v) is 5.10. The lowest BCUT2D eigenvalue weighted by Crippen LogP contribution is -2.41. The lowest BCUT2D eigenvalue weighted by atomic mass is 10.0. The molecule has 0 aromatic heterocycles. The zero-order valence-electron chi connectivity index (χ0n) is 12.0. The van der Waals surface area contributed by atoms with Gasteiger partial charge < -0.3 is 14.7 Å². The van der Waals surface area contributed by atoms with Gasteiger partial charge in [0.25, 0.3) is 5.91 Å². The molecule has 2 rings (SSSR count). The SMILES string of the molecule is CCc1ccccc1C(=O)N1CCC(OCCO)CC1. The predicted molar refractivity (Wildman–Crippen MR) is 77.8 cm³/mol. The number of hydrogen-bond acceptors (Lipinski definition) is 3. The maximum atomic E-state index is 12.5. The van der Waals surface area contributed by atoms with Crippen LogP contribution >= 0.6 is 0 Å². The number of piperidine rings is 1. The summed E-state index contributed by atoms with van der Waals surface area (Å²) in [5, 5.41) is 8.75. The van der Waals surface area contributed by atoms with E-state index < -0.39 is 0 Å². The Labute approximate surface area is 120 Å². The first-order valence-corrected chi connectivity index (χ1v) is 7.36. The molecule has 0 spiro atoms. The maximum absolute atomic E-state index is 12.5. The number of aliphatic hydroxyl groups excluding tert-OH is 1. The average Bonchev–Trinajstić information content (AvgIpc) is 2.52. The third-order valence-corrected chi connectivity index (χ3v) is 3.80.